The van der Waals surface area contributed by atoms with Gasteiger partial charge in [-0.2, -0.15) is 0 Å². The second-order valence-corrected chi connectivity index (χ2v) is 8.33. The number of hydrogen-bond donors (Lipinski definition) is 0. The largest absolute Gasteiger partial charge is 0.379 e. The van der Waals surface area contributed by atoms with Gasteiger partial charge in [-0.3, -0.25) is 0 Å². The third-order valence-corrected chi connectivity index (χ3v) is 5.02. The van der Waals surface area contributed by atoms with Gasteiger partial charge >= 0.3 is 0 Å². The minimum absolute atomic E-state index is 0.206. The first kappa shape index (κ1) is 19.0. The molecule has 5 atom stereocenters. The zero-order valence-corrected chi connectivity index (χ0v) is 16.5. The highest BCUT2D eigenvalue weighted by molar-refractivity contribution is 9.09. The number of fused-ring (bicyclic) bond motifs is 3. The Hall–Kier alpha value is 0.240. The van der Waals surface area contributed by atoms with Crippen molar-refractivity contribution in [2.45, 2.75) is 89.2 Å². The van der Waals surface area contributed by atoms with E-state index in [1.54, 1.807) is 0 Å². The van der Waals surface area contributed by atoms with Gasteiger partial charge in [-0.25, -0.2) is 0 Å². The van der Waals surface area contributed by atoms with Crippen molar-refractivity contribution < 1.29 is 28.4 Å². The van der Waals surface area contributed by atoms with Crippen molar-refractivity contribution in [3.8, 4) is 0 Å². The predicted octanol–water partition coefficient (Wildman–Crippen LogP) is 2.96. The van der Waals surface area contributed by atoms with Crippen LogP contribution in [0.1, 0.15) is 47.0 Å². The molecular weight excluding hydrogens is 380 g/mol. The molecule has 3 rings (SSSR count). The average molecular weight is 409 g/mol. The third kappa shape index (κ3) is 4.31. The van der Waals surface area contributed by atoms with Gasteiger partial charge in [-0.1, -0.05) is 22.4 Å². The fourth-order valence-corrected chi connectivity index (χ4v) is 3.90. The van der Waals surface area contributed by atoms with Crippen LogP contribution in [0.2, 0.25) is 0 Å². The predicted molar refractivity (Wildman–Crippen MR) is 91.0 cm³/mol. The van der Waals surface area contributed by atoms with Gasteiger partial charge in [0.2, 0.25) is 0 Å². The highest BCUT2D eigenvalue weighted by Gasteiger charge is 2.60. The fraction of sp³-hybridized carbons (Fsp3) is 1.00. The first-order valence-electron chi connectivity index (χ1n) is 8.82. The minimum atomic E-state index is -0.679. The lowest BCUT2D eigenvalue weighted by molar-refractivity contribution is -0.243. The smallest absolute Gasteiger partial charge is 0.190 e. The van der Waals surface area contributed by atoms with E-state index in [-0.39, 0.29) is 24.4 Å². The van der Waals surface area contributed by atoms with E-state index in [0.29, 0.717) is 6.61 Å². The SMILES string of the molecule is CC1(C)O[C@H]2[C@@H](O1)[C@@H](COCCCCCBr)O[C@@H]1OC(C)(C)O[C@@H]12. The van der Waals surface area contributed by atoms with Crippen molar-refractivity contribution in [3.63, 3.8) is 0 Å². The van der Waals surface area contributed by atoms with Crippen molar-refractivity contribution in [2.24, 2.45) is 0 Å². The molecule has 6 nitrogen and oxygen atoms in total. The summed E-state index contributed by atoms with van der Waals surface area (Å²) in [6, 6.07) is 0. The van der Waals surface area contributed by atoms with Gasteiger partial charge < -0.3 is 28.4 Å². The van der Waals surface area contributed by atoms with E-state index < -0.39 is 17.9 Å². The van der Waals surface area contributed by atoms with Crippen LogP contribution in [0.25, 0.3) is 0 Å². The maximum Gasteiger partial charge on any atom is 0.190 e. The molecule has 0 saturated carbocycles. The Kier molecular flexibility index (Phi) is 5.91. The summed E-state index contributed by atoms with van der Waals surface area (Å²) in [7, 11) is 0. The summed E-state index contributed by atoms with van der Waals surface area (Å²) in [4.78, 5) is 0. The highest BCUT2D eigenvalue weighted by Crippen LogP contribution is 2.44. The second-order valence-electron chi connectivity index (χ2n) is 7.53. The molecule has 0 amide bonds. The molecule has 0 spiro atoms. The van der Waals surface area contributed by atoms with Crippen molar-refractivity contribution in [1.29, 1.82) is 0 Å². The van der Waals surface area contributed by atoms with Crippen LogP contribution in [0.4, 0.5) is 0 Å². The first-order chi connectivity index (χ1) is 11.3. The number of ether oxygens (including phenoxy) is 6. The van der Waals surface area contributed by atoms with Crippen molar-refractivity contribution in [3.05, 3.63) is 0 Å². The Labute approximate surface area is 152 Å². The molecule has 0 bridgehead atoms. The summed E-state index contributed by atoms with van der Waals surface area (Å²) < 4.78 is 35.9. The Morgan fingerprint density at radius 3 is 2.25 bits per heavy atom. The van der Waals surface area contributed by atoms with Crippen molar-refractivity contribution in [1.82, 2.24) is 0 Å². The van der Waals surface area contributed by atoms with E-state index in [4.69, 9.17) is 28.4 Å². The number of halogens is 1. The van der Waals surface area contributed by atoms with Gasteiger partial charge in [0, 0.05) is 11.9 Å². The summed E-state index contributed by atoms with van der Waals surface area (Å²) >= 11 is 3.44. The van der Waals surface area contributed by atoms with E-state index in [0.717, 1.165) is 24.8 Å². The molecule has 0 aromatic carbocycles. The Balaban J connectivity index is 1.58. The Morgan fingerprint density at radius 1 is 0.833 bits per heavy atom. The lowest BCUT2D eigenvalue weighted by Gasteiger charge is -2.37. The van der Waals surface area contributed by atoms with Crippen molar-refractivity contribution in [2.75, 3.05) is 18.5 Å². The van der Waals surface area contributed by atoms with Crippen LogP contribution in [-0.2, 0) is 28.4 Å². The van der Waals surface area contributed by atoms with Crippen LogP contribution < -0.4 is 0 Å². The van der Waals surface area contributed by atoms with Gasteiger partial charge in [0.25, 0.3) is 0 Å². The number of unbranched alkanes of at least 4 members (excludes halogenated alkanes) is 2. The Morgan fingerprint density at radius 2 is 1.50 bits per heavy atom. The van der Waals surface area contributed by atoms with Gasteiger partial charge in [-0.15, -0.1) is 0 Å². The average Bonchev–Trinajstić information content (AvgIpc) is 2.97. The molecule has 3 heterocycles. The molecule has 3 aliphatic rings. The molecule has 0 aromatic heterocycles. The van der Waals surface area contributed by atoms with E-state index in [9.17, 15) is 0 Å². The summed E-state index contributed by atoms with van der Waals surface area (Å²) in [6.45, 7) is 8.81. The summed E-state index contributed by atoms with van der Waals surface area (Å²) in [5.74, 6) is -1.33. The van der Waals surface area contributed by atoms with Gasteiger partial charge in [-0.05, 0) is 40.5 Å². The maximum atomic E-state index is 6.10. The van der Waals surface area contributed by atoms with E-state index >= 15 is 0 Å². The molecule has 0 aromatic rings. The molecule has 0 N–H and O–H groups in total. The summed E-state index contributed by atoms with van der Waals surface area (Å²) in [6.07, 6.45) is 2.03. The monoisotopic (exact) mass is 408 g/mol. The zero-order valence-electron chi connectivity index (χ0n) is 15.0. The van der Waals surface area contributed by atoms with E-state index in [1.165, 1.54) is 6.42 Å². The summed E-state index contributed by atoms with van der Waals surface area (Å²) in [5, 5.41) is 1.04. The maximum absolute atomic E-state index is 6.10. The zero-order chi connectivity index (χ0) is 17.4. The van der Waals surface area contributed by atoms with Crippen LogP contribution in [-0.4, -0.2) is 60.8 Å². The molecule has 0 unspecified atom stereocenters. The van der Waals surface area contributed by atoms with Crippen molar-refractivity contribution >= 4 is 15.9 Å². The van der Waals surface area contributed by atoms with Gasteiger partial charge in [0.15, 0.2) is 17.9 Å². The molecule has 0 radical (unpaired) electrons. The topological polar surface area (TPSA) is 55.4 Å². The van der Waals surface area contributed by atoms with Crippen LogP contribution in [0.15, 0.2) is 0 Å². The second kappa shape index (κ2) is 7.47. The molecular formula is C17H29BrO6. The molecule has 3 fully saturated rings. The highest BCUT2D eigenvalue weighted by atomic mass is 79.9. The number of hydrogen-bond acceptors (Lipinski definition) is 6. The Bertz CT molecular complexity index is 429. The molecule has 24 heavy (non-hydrogen) atoms. The molecule has 0 aliphatic carbocycles. The van der Waals surface area contributed by atoms with Crippen LogP contribution in [0.3, 0.4) is 0 Å². The van der Waals surface area contributed by atoms with Gasteiger partial charge in [0.05, 0.1) is 6.61 Å². The normalized spacial score (nSPS) is 39.6. The van der Waals surface area contributed by atoms with Crippen LogP contribution >= 0.6 is 15.9 Å². The minimum Gasteiger partial charge on any atom is -0.379 e. The quantitative estimate of drug-likeness (QED) is 0.476. The fourth-order valence-electron chi connectivity index (χ4n) is 3.50. The molecule has 140 valence electrons. The summed E-state index contributed by atoms with van der Waals surface area (Å²) in [5.41, 5.74) is 0. The van der Waals surface area contributed by atoms with Crippen LogP contribution in [0, 0.1) is 0 Å². The number of rotatable bonds is 7. The van der Waals surface area contributed by atoms with E-state index in [1.807, 2.05) is 27.7 Å². The first-order valence-corrected chi connectivity index (χ1v) is 9.94. The van der Waals surface area contributed by atoms with E-state index in [2.05, 4.69) is 15.9 Å². The third-order valence-electron chi connectivity index (χ3n) is 4.46. The molecule has 3 saturated heterocycles. The molecule has 7 heteroatoms. The van der Waals surface area contributed by atoms with Crippen LogP contribution in [0.5, 0.6) is 0 Å². The lowest BCUT2D eigenvalue weighted by atomic mass is 9.99. The van der Waals surface area contributed by atoms with Gasteiger partial charge in [0.1, 0.15) is 24.4 Å². The molecule has 3 aliphatic heterocycles. The lowest BCUT2D eigenvalue weighted by Crippen LogP contribution is -2.56. The number of alkyl halides is 1. The standard InChI is InChI=1S/C17H29BrO6/c1-16(2)21-12-11(10-19-9-7-5-6-8-18)20-15-14(13(12)22-16)23-17(3,4)24-15/h11-15H,5-10H2,1-4H3/t11-,12+,13+,14-,15-/m1/s1.